The van der Waals surface area contributed by atoms with Crippen LogP contribution >= 0.6 is 0 Å². The number of nitrogens with zero attached hydrogens (tertiary/aromatic N) is 1. The molecular formula is C14H21NO. The van der Waals surface area contributed by atoms with Crippen molar-refractivity contribution in [3.05, 3.63) is 35.9 Å². The van der Waals surface area contributed by atoms with E-state index in [-0.39, 0.29) is 18.0 Å². The largest absolute Gasteiger partial charge is 0.338 e. The van der Waals surface area contributed by atoms with Gasteiger partial charge in [0.2, 0.25) is 5.91 Å². The predicted octanol–water partition coefficient (Wildman–Crippen LogP) is 2.87. The summed E-state index contributed by atoms with van der Waals surface area (Å²) in [6.45, 7) is 7.93. The summed E-state index contributed by atoms with van der Waals surface area (Å²) in [7, 11) is 0. The highest BCUT2D eigenvalue weighted by molar-refractivity contribution is 5.79. The van der Waals surface area contributed by atoms with Crippen molar-refractivity contribution >= 4 is 5.91 Å². The summed E-state index contributed by atoms with van der Waals surface area (Å²) < 4.78 is 8.04. The maximum Gasteiger partial charge on any atom is 0.227 e. The molecule has 88 valence electrons. The van der Waals surface area contributed by atoms with E-state index in [0.29, 0.717) is 0 Å². The average molecular weight is 220 g/mol. The van der Waals surface area contributed by atoms with Gasteiger partial charge in [-0.25, -0.2) is 0 Å². The molecule has 0 aliphatic rings. The van der Waals surface area contributed by atoms with Crippen LogP contribution in [0.2, 0.25) is 0 Å². The first kappa shape index (κ1) is 11.2. The third kappa shape index (κ3) is 3.37. The highest BCUT2D eigenvalue weighted by Crippen LogP contribution is 2.09. The highest BCUT2D eigenvalue weighted by Gasteiger charge is 2.19. The number of hydrogen-bond acceptors (Lipinski definition) is 1. The van der Waals surface area contributed by atoms with Crippen LogP contribution in [0.3, 0.4) is 0 Å². The summed E-state index contributed by atoms with van der Waals surface area (Å²) in [5, 5.41) is 0. The summed E-state index contributed by atoms with van der Waals surface area (Å²) in [5.41, 5.74) is 0.754. The summed E-state index contributed by atoms with van der Waals surface area (Å²) >= 11 is 0. The van der Waals surface area contributed by atoms with Crippen molar-refractivity contribution in [2.75, 3.05) is 0 Å². The molecule has 0 N–H and O–H groups in total. The van der Waals surface area contributed by atoms with Crippen molar-refractivity contribution in [1.82, 2.24) is 4.90 Å². The molecule has 2 nitrogen and oxygen atoms in total. The Balaban J connectivity index is 2.89. The molecule has 0 saturated carbocycles. The van der Waals surface area contributed by atoms with Gasteiger partial charge in [0.05, 0.1) is 6.40 Å². The summed E-state index contributed by atoms with van der Waals surface area (Å²) in [4.78, 5) is 14.0. The summed E-state index contributed by atoms with van der Waals surface area (Å²) in [5.74, 6) is -0.124. The van der Waals surface area contributed by atoms with Gasteiger partial charge >= 0.3 is 0 Å². The molecular weight excluding hydrogens is 198 g/mol. The molecule has 1 atom stereocenters. The van der Waals surface area contributed by atoms with Crippen molar-refractivity contribution in [2.45, 2.75) is 46.2 Å². The fourth-order valence-electron chi connectivity index (χ4n) is 1.87. The first-order chi connectivity index (χ1) is 7.95. The van der Waals surface area contributed by atoms with E-state index in [1.165, 1.54) is 0 Å². The molecule has 16 heavy (non-hydrogen) atoms. The van der Waals surface area contributed by atoms with E-state index >= 15 is 0 Å². The van der Waals surface area contributed by atoms with Crippen molar-refractivity contribution in [1.29, 1.82) is 0 Å². The predicted molar refractivity (Wildman–Crippen MR) is 67.3 cm³/mol. The van der Waals surface area contributed by atoms with Crippen molar-refractivity contribution in [2.24, 2.45) is 0 Å². The third-order valence-corrected chi connectivity index (χ3v) is 2.46. The second-order valence-corrected chi connectivity index (χ2v) is 4.49. The molecule has 1 aromatic rings. The molecule has 0 aliphatic heterocycles. The average Bonchev–Trinajstić information content (AvgIpc) is 2.28. The normalized spacial score (nSPS) is 13.8. The smallest absolute Gasteiger partial charge is 0.227 e. The SMILES string of the molecule is [2H]C(C(=O)N(C(C)C)C(C)C)c1ccccc1. The first-order valence-corrected chi connectivity index (χ1v) is 5.74. The van der Waals surface area contributed by atoms with Crippen LogP contribution in [-0.4, -0.2) is 22.9 Å². The Morgan fingerprint density at radius 2 is 1.69 bits per heavy atom. The lowest BCUT2D eigenvalue weighted by Crippen LogP contribution is -2.42. The van der Waals surface area contributed by atoms with Gasteiger partial charge in [0.1, 0.15) is 0 Å². The van der Waals surface area contributed by atoms with Gasteiger partial charge in [-0.3, -0.25) is 4.79 Å². The van der Waals surface area contributed by atoms with E-state index in [0.717, 1.165) is 5.56 Å². The van der Waals surface area contributed by atoms with Gasteiger partial charge in [0, 0.05) is 13.5 Å². The Morgan fingerprint density at radius 1 is 1.19 bits per heavy atom. The van der Waals surface area contributed by atoms with Crippen LogP contribution < -0.4 is 0 Å². The number of benzene rings is 1. The molecule has 0 bridgehead atoms. The minimum absolute atomic E-state index is 0.124. The second-order valence-electron chi connectivity index (χ2n) is 4.49. The van der Waals surface area contributed by atoms with E-state index in [4.69, 9.17) is 1.37 Å². The number of rotatable bonds is 4. The second kappa shape index (κ2) is 5.69. The van der Waals surface area contributed by atoms with E-state index in [1.807, 2.05) is 58.0 Å². The van der Waals surface area contributed by atoms with Gasteiger partial charge in [-0.15, -0.1) is 0 Å². The van der Waals surface area contributed by atoms with Crippen LogP contribution in [0.1, 0.15) is 34.6 Å². The van der Waals surface area contributed by atoms with Crippen LogP contribution in [0, 0.1) is 0 Å². The highest BCUT2D eigenvalue weighted by atomic mass is 16.2. The van der Waals surface area contributed by atoms with Gasteiger partial charge in [0.25, 0.3) is 0 Å². The van der Waals surface area contributed by atoms with Crippen LogP contribution in [0.5, 0.6) is 0 Å². The third-order valence-electron chi connectivity index (χ3n) is 2.46. The molecule has 1 amide bonds. The molecule has 0 spiro atoms. The Hall–Kier alpha value is -1.31. The lowest BCUT2D eigenvalue weighted by atomic mass is 10.1. The quantitative estimate of drug-likeness (QED) is 0.764. The Labute approximate surface area is 99.7 Å². The van der Waals surface area contributed by atoms with Gasteiger partial charge in [0.15, 0.2) is 0 Å². The first-order valence-electron chi connectivity index (χ1n) is 6.32. The summed E-state index contributed by atoms with van der Waals surface area (Å²) in [6.07, 6.45) is -0.819. The zero-order valence-corrected chi connectivity index (χ0v) is 10.5. The zero-order chi connectivity index (χ0) is 13.0. The van der Waals surface area contributed by atoms with Gasteiger partial charge in [-0.2, -0.15) is 0 Å². The molecule has 0 saturated heterocycles. The standard InChI is InChI=1S/C14H21NO/c1-11(2)15(12(3)4)14(16)10-13-8-6-5-7-9-13/h5-9,11-12H,10H2,1-4H3/i10D. The van der Waals surface area contributed by atoms with Crippen LogP contribution in [0.4, 0.5) is 0 Å². The Morgan fingerprint density at radius 3 is 2.12 bits per heavy atom. The van der Waals surface area contributed by atoms with Gasteiger partial charge in [-0.05, 0) is 33.3 Å². The number of hydrogen-bond donors (Lipinski definition) is 0. The maximum absolute atomic E-state index is 12.3. The van der Waals surface area contributed by atoms with E-state index in [1.54, 1.807) is 4.90 Å². The topological polar surface area (TPSA) is 20.3 Å². The minimum Gasteiger partial charge on any atom is -0.338 e. The molecule has 0 heterocycles. The van der Waals surface area contributed by atoms with Crippen molar-refractivity contribution in [3.8, 4) is 0 Å². The minimum atomic E-state index is -0.819. The zero-order valence-electron chi connectivity index (χ0n) is 11.5. The van der Waals surface area contributed by atoms with Crippen LogP contribution in [0.15, 0.2) is 30.3 Å². The molecule has 1 aromatic carbocycles. The fourth-order valence-corrected chi connectivity index (χ4v) is 1.87. The molecule has 1 unspecified atom stereocenters. The van der Waals surface area contributed by atoms with Crippen LogP contribution in [0.25, 0.3) is 0 Å². The number of carbonyl (C=O) groups excluding carboxylic acids is 1. The van der Waals surface area contributed by atoms with Gasteiger partial charge in [-0.1, -0.05) is 30.3 Å². The maximum atomic E-state index is 12.3. The summed E-state index contributed by atoms with van der Waals surface area (Å²) in [6, 6.07) is 9.52. The number of amides is 1. The van der Waals surface area contributed by atoms with Crippen molar-refractivity contribution < 1.29 is 6.17 Å². The van der Waals surface area contributed by atoms with Crippen molar-refractivity contribution in [3.63, 3.8) is 0 Å². The number of carbonyl (C=O) groups is 1. The molecule has 0 aliphatic carbocycles. The van der Waals surface area contributed by atoms with E-state index in [2.05, 4.69) is 0 Å². The lowest BCUT2D eigenvalue weighted by Gasteiger charge is -2.30. The molecule has 0 aromatic heterocycles. The molecule has 0 radical (unpaired) electrons. The van der Waals surface area contributed by atoms with Crippen LogP contribution in [-0.2, 0) is 11.2 Å². The lowest BCUT2D eigenvalue weighted by molar-refractivity contribution is -0.134. The molecule has 0 fully saturated rings. The van der Waals surface area contributed by atoms with Gasteiger partial charge < -0.3 is 4.90 Å². The van der Waals surface area contributed by atoms with E-state index < -0.39 is 6.40 Å². The molecule has 2 heteroatoms. The Bertz CT molecular complexity index is 354. The Kier molecular flexibility index (Phi) is 3.97. The molecule has 1 rings (SSSR count). The fraction of sp³-hybridized carbons (Fsp3) is 0.500. The monoisotopic (exact) mass is 220 g/mol. The van der Waals surface area contributed by atoms with E-state index in [9.17, 15) is 4.79 Å².